The third-order valence-electron chi connectivity index (χ3n) is 3.42. The Bertz CT molecular complexity index is 283. The van der Waals surface area contributed by atoms with Crippen LogP contribution in [0.2, 0.25) is 0 Å². The van der Waals surface area contributed by atoms with Crippen LogP contribution in [-0.2, 0) is 6.54 Å². The van der Waals surface area contributed by atoms with Gasteiger partial charge in [-0.15, -0.1) is 5.10 Å². The molecule has 1 aromatic rings. The number of hydrogen-bond donors (Lipinski definition) is 0. The topological polar surface area (TPSA) is 34.0 Å². The van der Waals surface area contributed by atoms with Crippen LogP contribution >= 0.6 is 0 Å². The molecule has 3 rings (SSSR count). The molecule has 0 N–H and O–H groups in total. The second-order valence-electron chi connectivity index (χ2n) is 4.34. The van der Waals surface area contributed by atoms with E-state index in [1.807, 2.05) is 10.9 Å². The van der Waals surface area contributed by atoms with Crippen molar-refractivity contribution in [3.63, 3.8) is 0 Å². The van der Waals surface area contributed by atoms with Crippen LogP contribution < -0.4 is 0 Å². The van der Waals surface area contributed by atoms with E-state index in [1.165, 1.54) is 13.1 Å². The standard InChI is InChI=1S/C9H14N4/c1-12-4-7-8(5-12)9(7)6-13-3-2-10-11-13/h2-3,7-9H,4-6H2,1H3/t7-,8+,9?. The summed E-state index contributed by atoms with van der Waals surface area (Å²) in [5, 5.41) is 7.81. The summed E-state index contributed by atoms with van der Waals surface area (Å²) in [6, 6.07) is 0. The van der Waals surface area contributed by atoms with Gasteiger partial charge in [-0.1, -0.05) is 5.21 Å². The van der Waals surface area contributed by atoms with E-state index >= 15 is 0 Å². The van der Waals surface area contributed by atoms with Crippen LogP contribution in [-0.4, -0.2) is 40.0 Å². The molecule has 0 spiro atoms. The van der Waals surface area contributed by atoms with Gasteiger partial charge in [0.15, 0.2) is 0 Å². The fourth-order valence-corrected chi connectivity index (χ4v) is 2.68. The number of piperidine rings is 1. The lowest BCUT2D eigenvalue weighted by Gasteiger charge is -2.12. The summed E-state index contributed by atoms with van der Waals surface area (Å²) < 4.78 is 1.96. The number of rotatable bonds is 2. The van der Waals surface area contributed by atoms with Crippen molar-refractivity contribution in [1.82, 2.24) is 19.9 Å². The molecular weight excluding hydrogens is 164 g/mol. The van der Waals surface area contributed by atoms with E-state index in [0.29, 0.717) is 0 Å². The van der Waals surface area contributed by atoms with Crippen LogP contribution in [0.1, 0.15) is 0 Å². The number of likely N-dealkylation sites (tertiary alicyclic amines) is 1. The zero-order chi connectivity index (χ0) is 8.84. The lowest BCUT2D eigenvalue weighted by molar-refractivity contribution is 0.327. The van der Waals surface area contributed by atoms with Gasteiger partial charge in [-0.25, -0.2) is 0 Å². The third-order valence-corrected chi connectivity index (χ3v) is 3.42. The molecule has 1 saturated heterocycles. The fraction of sp³-hybridized carbons (Fsp3) is 0.778. The molecule has 0 bridgehead atoms. The lowest BCUT2D eigenvalue weighted by atomic mass is 10.3. The predicted octanol–water partition coefficient (Wildman–Crippen LogP) is 0.0857. The molecular formula is C9H14N4. The molecule has 70 valence electrons. The molecule has 4 heteroatoms. The molecule has 0 radical (unpaired) electrons. The van der Waals surface area contributed by atoms with Gasteiger partial charge in [0, 0.05) is 25.8 Å². The molecule has 4 nitrogen and oxygen atoms in total. The average molecular weight is 178 g/mol. The molecule has 3 atom stereocenters. The largest absolute Gasteiger partial charge is 0.306 e. The first-order chi connectivity index (χ1) is 6.34. The monoisotopic (exact) mass is 178 g/mol. The Morgan fingerprint density at radius 2 is 2.15 bits per heavy atom. The van der Waals surface area contributed by atoms with E-state index in [9.17, 15) is 0 Å². The molecule has 2 aliphatic rings. The first-order valence-corrected chi connectivity index (χ1v) is 4.87. The molecule has 0 aromatic carbocycles. The van der Waals surface area contributed by atoms with E-state index in [4.69, 9.17) is 0 Å². The van der Waals surface area contributed by atoms with Crippen LogP contribution in [0.4, 0.5) is 0 Å². The summed E-state index contributed by atoms with van der Waals surface area (Å²) in [7, 11) is 2.21. The van der Waals surface area contributed by atoms with Crippen LogP contribution in [0, 0.1) is 17.8 Å². The SMILES string of the molecule is CN1C[C@@H]2C(Cn3ccnn3)[C@@H]2C1. The molecule has 2 fully saturated rings. The van der Waals surface area contributed by atoms with Crippen molar-refractivity contribution in [2.24, 2.45) is 17.8 Å². The Kier molecular flexibility index (Phi) is 1.47. The maximum Gasteiger partial charge on any atom is 0.0692 e. The first kappa shape index (κ1) is 7.50. The summed E-state index contributed by atoms with van der Waals surface area (Å²) in [5.74, 6) is 2.75. The van der Waals surface area contributed by atoms with Crippen molar-refractivity contribution in [2.75, 3.05) is 20.1 Å². The van der Waals surface area contributed by atoms with E-state index in [0.717, 1.165) is 24.3 Å². The highest BCUT2D eigenvalue weighted by Gasteiger charge is 2.54. The van der Waals surface area contributed by atoms with Crippen LogP contribution in [0.15, 0.2) is 12.4 Å². The minimum absolute atomic E-state index is 0.873. The normalized spacial score (nSPS) is 37.8. The molecule has 1 saturated carbocycles. The van der Waals surface area contributed by atoms with Gasteiger partial charge in [0.25, 0.3) is 0 Å². The van der Waals surface area contributed by atoms with E-state index in [-0.39, 0.29) is 0 Å². The maximum absolute atomic E-state index is 4.00. The molecule has 1 unspecified atom stereocenters. The smallest absolute Gasteiger partial charge is 0.0692 e. The van der Waals surface area contributed by atoms with Crippen molar-refractivity contribution in [3.05, 3.63) is 12.4 Å². The van der Waals surface area contributed by atoms with Crippen molar-refractivity contribution in [3.8, 4) is 0 Å². The van der Waals surface area contributed by atoms with Crippen molar-refractivity contribution in [2.45, 2.75) is 6.54 Å². The zero-order valence-corrected chi connectivity index (χ0v) is 7.80. The van der Waals surface area contributed by atoms with E-state index in [1.54, 1.807) is 6.20 Å². The maximum atomic E-state index is 4.00. The van der Waals surface area contributed by atoms with Gasteiger partial charge in [-0.05, 0) is 24.8 Å². The fourth-order valence-electron chi connectivity index (χ4n) is 2.68. The molecule has 1 aliphatic heterocycles. The predicted molar refractivity (Wildman–Crippen MR) is 48.0 cm³/mol. The van der Waals surface area contributed by atoms with Gasteiger partial charge >= 0.3 is 0 Å². The van der Waals surface area contributed by atoms with Crippen molar-refractivity contribution in [1.29, 1.82) is 0 Å². The van der Waals surface area contributed by atoms with Gasteiger partial charge in [0.1, 0.15) is 0 Å². The Morgan fingerprint density at radius 1 is 1.38 bits per heavy atom. The highest BCUT2D eigenvalue weighted by atomic mass is 15.4. The van der Waals surface area contributed by atoms with Crippen molar-refractivity contribution < 1.29 is 0 Å². The Morgan fingerprint density at radius 3 is 2.77 bits per heavy atom. The number of nitrogens with zero attached hydrogens (tertiary/aromatic N) is 4. The van der Waals surface area contributed by atoms with Gasteiger partial charge in [0.2, 0.25) is 0 Å². The third kappa shape index (κ3) is 1.16. The van der Waals surface area contributed by atoms with Crippen LogP contribution in [0.5, 0.6) is 0 Å². The summed E-state index contributed by atoms with van der Waals surface area (Å²) in [5.41, 5.74) is 0. The molecule has 0 amide bonds. The van der Waals surface area contributed by atoms with Gasteiger partial charge in [-0.3, -0.25) is 4.68 Å². The summed E-state index contributed by atoms with van der Waals surface area (Å²) in [4.78, 5) is 2.42. The number of aromatic nitrogens is 3. The molecule has 1 aromatic heterocycles. The first-order valence-electron chi connectivity index (χ1n) is 4.87. The summed E-state index contributed by atoms with van der Waals surface area (Å²) in [6.07, 6.45) is 3.71. The second kappa shape index (κ2) is 2.54. The molecule has 2 heterocycles. The molecule has 13 heavy (non-hydrogen) atoms. The minimum atomic E-state index is 0.873. The van der Waals surface area contributed by atoms with Gasteiger partial charge < -0.3 is 4.90 Å². The number of hydrogen-bond acceptors (Lipinski definition) is 3. The Labute approximate surface area is 77.5 Å². The highest BCUT2D eigenvalue weighted by molar-refractivity contribution is 5.03. The lowest BCUT2D eigenvalue weighted by Crippen LogP contribution is -2.20. The number of fused-ring (bicyclic) bond motifs is 1. The van der Waals surface area contributed by atoms with E-state index < -0.39 is 0 Å². The second-order valence-corrected chi connectivity index (χ2v) is 4.34. The zero-order valence-electron chi connectivity index (χ0n) is 7.80. The summed E-state index contributed by atoms with van der Waals surface area (Å²) in [6.45, 7) is 3.64. The highest BCUT2D eigenvalue weighted by Crippen LogP contribution is 2.51. The quantitative estimate of drug-likeness (QED) is 0.643. The Hall–Kier alpha value is -0.900. The average Bonchev–Trinajstić information content (AvgIpc) is 2.60. The van der Waals surface area contributed by atoms with Gasteiger partial charge in [0.05, 0.1) is 6.20 Å². The van der Waals surface area contributed by atoms with Crippen molar-refractivity contribution >= 4 is 0 Å². The van der Waals surface area contributed by atoms with Crippen LogP contribution in [0.25, 0.3) is 0 Å². The van der Waals surface area contributed by atoms with E-state index in [2.05, 4.69) is 22.3 Å². The minimum Gasteiger partial charge on any atom is -0.306 e. The molecule has 1 aliphatic carbocycles. The van der Waals surface area contributed by atoms with Crippen LogP contribution in [0.3, 0.4) is 0 Å². The Balaban J connectivity index is 1.61. The summed E-state index contributed by atoms with van der Waals surface area (Å²) >= 11 is 0. The van der Waals surface area contributed by atoms with Gasteiger partial charge in [-0.2, -0.15) is 0 Å².